The smallest absolute Gasteiger partial charge is 0.293 e. The number of nitrogens with zero attached hydrogens (tertiary/aromatic N) is 1. The maximum atomic E-state index is 13.8. The van der Waals surface area contributed by atoms with Crippen LogP contribution in [-0.4, -0.2) is 16.9 Å². The van der Waals surface area contributed by atoms with Gasteiger partial charge in [-0.25, -0.2) is 4.39 Å². The third-order valence-corrected chi connectivity index (χ3v) is 3.77. The van der Waals surface area contributed by atoms with E-state index in [2.05, 4.69) is 5.32 Å². The first-order chi connectivity index (χ1) is 9.41. The van der Waals surface area contributed by atoms with Crippen LogP contribution in [0, 0.1) is 21.8 Å². The van der Waals surface area contributed by atoms with Gasteiger partial charge in [0.1, 0.15) is 17.1 Å². The van der Waals surface area contributed by atoms with E-state index in [1.165, 1.54) is 0 Å². The van der Waals surface area contributed by atoms with E-state index in [1.54, 1.807) is 0 Å². The fourth-order valence-electron chi connectivity index (χ4n) is 2.57. The Morgan fingerprint density at radius 3 is 2.75 bits per heavy atom. The normalized spacial score (nSPS) is 21.7. The molecule has 0 aliphatic heterocycles. The fourth-order valence-corrected chi connectivity index (χ4v) is 2.57. The Bertz CT molecular complexity index is 562. The first-order valence-electron chi connectivity index (χ1n) is 6.45. The van der Waals surface area contributed by atoms with Crippen molar-refractivity contribution in [2.45, 2.75) is 32.2 Å². The van der Waals surface area contributed by atoms with E-state index >= 15 is 0 Å². The summed E-state index contributed by atoms with van der Waals surface area (Å²) in [6.07, 6.45) is 2.82. The van der Waals surface area contributed by atoms with Gasteiger partial charge in [-0.05, 0) is 24.8 Å². The summed E-state index contributed by atoms with van der Waals surface area (Å²) in [5.74, 6) is -1.24. The van der Waals surface area contributed by atoms with Crippen LogP contribution in [-0.2, 0) is 0 Å². The number of nitrogen functional groups attached to an aromatic ring is 1. The van der Waals surface area contributed by atoms with Crippen molar-refractivity contribution in [1.82, 2.24) is 5.32 Å². The lowest BCUT2D eigenvalue weighted by atomic mass is 10.0. The molecule has 1 saturated carbocycles. The Morgan fingerprint density at radius 2 is 2.20 bits per heavy atom. The molecule has 3 N–H and O–H groups in total. The molecule has 1 fully saturated rings. The standard InChI is InChI=1S/C13H16FN3O3/c1-7-3-2-4-9(7)16-13(18)11-8(14)5-6-10(12(11)15)17(19)20/h5-7,9H,2-4,15H2,1H3,(H,16,18). The largest absolute Gasteiger partial charge is 0.392 e. The number of hydrogen-bond acceptors (Lipinski definition) is 4. The van der Waals surface area contributed by atoms with E-state index in [1.807, 2.05) is 6.92 Å². The van der Waals surface area contributed by atoms with Crippen molar-refractivity contribution in [2.24, 2.45) is 5.92 Å². The minimum Gasteiger partial charge on any atom is -0.392 e. The number of benzene rings is 1. The SMILES string of the molecule is CC1CCCC1NC(=O)c1c(F)ccc([N+](=O)[O-])c1N. The number of hydrogen-bond donors (Lipinski definition) is 2. The van der Waals surface area contributed by atoms with E-state index in [9.17, 15) is 19.3 Å². The number of rotatable bonds is 3. The van der Waals surface area contributed by atoms with Gasteiger partial charge in [0.05, 0.1) is 4.92 Å². The topological polar surface area (TPSA) is 98.3 Å². The van der Waals surface area contributed by atoms with Crippen LogP contribution in [0.2, 0.25) is 0 Å². The third-order valence-electron chi connectivity index (χ3n) is 3.77. The number of carbonyl (C=O) groups is 1. The van der Waals surface area contributed by atoms with Gasteiger partial charge in [-0.1, -0.05) is 13.3 Å². The van der Waals surface area contributed by atoms with E-state index in [-0.39, 0.29) is 6.04 Å². The van der Waals surface area contributed by atoms with Gasteiger partial charge in [-0.15, -0.1) is 0 Å². The quantitative estimate of drug-likeness (QED) is 0.504. The molecule has 108 valence electrons. The highest BCUT2D eigenvalue weighted by Gasteiger charge is 2.29. The molecule has 7 heteroatoms. The first-order valence-corrected chi connectivity index (χ1v) is 6.45. The molecular weight excluding hydrogens is 265 g/mol. The average Bonchev–Trinajstić information content (AvgIpc) is 2.74. The number of anilines is 1. The van der Waals surface area contributed by atoms with Gasteiger partial charge >= 0.3 is 0 Å². The van der Waals surface area contributed by atoms with Crippen molar-refractivity contribution in [3.63, 3.8) is 0 Å². The van der Waals surface area contributed by atoms with Crippen molar-refractivity contribution in [3.05, 3.63) is 33.6 Å². The Kier molecular flexibility index (Phi) is 3.87. The second-order valence-corrected chi connectivity index (χ2v) is 5.10. The van der Waals surface area contributed by atoms with Crippen LogP contribution in [0.4, 0.5) is 15.8 Å². The molecule has 2 rings (SSSR count). The number of halogens is 1. The summed E-state index contributed by atoms with van der Waals surface area (Å²) in [5.41, 5.74) is 4.21. The molecular formula is C13H16FN3O3. The molecule has 0 spiro atoms. The summed E-state index contributed by atoms with van der Waals surface area (Å²) in [5, 5.41) is 13.5. The monoisotopic (exact) mass is 281 g/mol. The van der Waals surface area contributed by atoms with Gasteiger partial charge in [0, 0.05) is 12.1 Å². The number of nitro benzene ring substituents is 1. The lowest BCUT2D eigenvalue weighted by Gasteiger charge is -2.18. The van der Waals surface area contributed by atoms with Crippen molar-refractivity contribution in [2.75, 3.05) is 5.73 Å². The van der Waals surface area contributed by atoms with Crippen molar-refractivity contribution >= 4 is 17.3 Å². The Hall–Kier alpha value is -2.18. The van der Waals surface area contributed by atoms with Gasteiger partial charge < -0.3 is 11.1 Å². The molecule has 20 heavy (non-hydrogen) atoms. The zero-order chi connectivity index (χ0) is 14.9. The number of nitrogens with one attached hydrogen (secondary N) is 1. The lowest BCUT2D eigenvalue weighted by molar-refractivity contribution is -0.384. The summed E-state index contributed by atoms with van der Waals surface area (Å²) in [6.45, 7) is 2.01. The first kappa shape index (κ1) is 14.2. The molecule has 0 radical (unpaired) electrons. The predicted octanol–water partition coefficient (Wildman–Crippen LogP) is 2.23. The van der Waals surface area contributed by atoms with Crippen LogP contribution in [0.5, 0.6) is 0 Å². The molecule has 1 aromatic carbocycles. The van der Waals surface area contributed by atoms with Crippen LogP contribution >= 0.6 is 0 Å². The fraction of sp³-hybridized carbons (Fsp3) is 0.462. The summed E-state index contributed by atoms with van der Waals surface area (Å²) in [4.78, 5) is 22.2. The summed E-state index contributed by atoms with van der Waals surface area (Å²) in [6, 6.07) is 1.81. The Morgan fingerprint density at radius 1 is 1.50 bits per heavy atom. The molecule has 0 saturated heterocycles. The second kappa shape index (κ2) is 5.44. The number of carbonyl (C=O) groups excluding carboxylic acids is 1. The van der Waals surface area contributed by atoms with Crippen molar-refractivity contribution in [3.8, 4) is 0 Å². The molecule has 0 bridgehead atoms. The Labute approximate surface area is 115 Å². The molecule has 1 aromatic rings. The van der Waals surface area contributed by atoms with Crippen LogP contribution in [0.25, 0.3) is 0 Å². The summed E-state index contributed by atoms with van der Waals surface area (Å²) >= 11 is 0. The van der Waals surface area contributed by atoms with Gasteiger partial charge in [-0.3, -0.25) is 14.9 Å². The Balaban J connectivity index is 2.29. The van der Waals surface area contributed by atoms with Crippen LogP contribution < -0.4 is 11.1 Å². The van der Waals surface area contributed by atoms with Crippen LogP contribution in [0.1, 0.15) is 36.5 Å². The van der Waals surface area contributed by atoms with E-state index in [0.29, 0.717) is 5.92 Å². The van der Waals surface area contributed by atoms with Gasteiger partial charge in [0.25, 0.3) is 11.6 Å². The third kappa shape index (κ3) is 2.56. The summed E-state index contributed by atoms with van der Waals surface area (Å²) in [7, 11) is 0. The van der Waals surface area contributed by atoms with Gasteiger partial charge in [-0.2, -0.15) is 0 Å². The number of nitrogens with two attached hydrogens (primary N) is 1. The van der Waals surface area contributed by atoms with Crippen molar-refractivity contribution in [1.29, 1.82) is 0 Å². The van der Waals surface area contributed by atoms with Crippen molar-refractivity contribution < 1.29 is 14.1 Å². The van der Waals surface area contributed by atoms with Crippen LogP contribution in [0.15, 0.2) is 12.1 Å². The molecule has 1 aliphatic rings. The molecule has 0 heterocycles. The molecule has 1 aliphatic carbocycles. The summed E-state index contributed by atoms with van der Waals surface area (Å²) < 4.78 is 13.8. The number of nitro groups is 1. The minimum absolute atomic E-state index is 0.0411. The van der Waals surface area contributed by atoms with Crippen LogP contribution in [0.3, 0.4) is 0 Å². The number of amides is 1. The lowest BCUT2D eigenvalue weighted by Crippen LogP contribution is -2.37. The van der Waals surface area contributed by atoms with E-state index < -0.39 is 33.6 Å². The zero-order valence-corrected chi connectivity index (χ0v) is 11.1. The molecule has 2 atom stereocenters. The predicted molar refractivity (Wildman–Crippen MR) is 71.7 cm³/mol. The second-order valence-electron chi connectivity index (χ2n) is 5.10. The van der Waals surface area contributed by atoms with Gasteiger partial charge in [0.2, 0.25) is 0 Å². The average molecular weight is 281 g/mol. The maximum absolute atomic E-state index is 13.8. The minimum atomic E-state index is -0.851. The highest BCUT2D eigenvalue weighted by molar-refractivity contribution is 6.01. The molecule has 2 unspecified atom stereocenters. The van der Waals surface area contributed by atoms with E-state index in [4.69, 9.17) is 5.73 Å². The molecule has 1 amide bonds. The zero-order valence-electron chi connectivity index (χ0n) is 11.1. The maximum Gasteiger partial charge on any atom is 0.293 e. The highest BCUT2D eigenvalue weighted by Crippen LogP contribution is 2.29. The highest BCUT2D eigenvalue weighted by atomic mass is 19.1. The van der Waals surface area contributed by atoms with Gasteiger partial charge in [0.15, 0.2) is 0 Å². The molecule has 0 aromatic heterocycles. The molecule has 6 nitrogen and oxygen atoms in total. The van der Waals surface area contributed by atoms with E-state index in [0.717, 1.165) is 31.4 Å².